The molecule has 1 saturated heterocycles. The molecular weight excluding hydrogens is 390 g/mol. The van der Waals surface area contributed by atoms with Gasteiger partial charge in [-0.3, -0.25) is 14.9 Å². The van der Waals surface area contributed by atoms with Crippen LogP contribution in [0.15, 0.2) is 70.8 Å². The van der Waals surface area contributed by atoms with E-state index in [-0.39, 0.29) is 17.1 Å². The van der Waals surface area contributed by atoms with Crippen LogP contribution in [0.5, 0.6) is 5.75 Å². The summed E-state index contributed by atoms with van der Waals surface area (Å²) in [6.07, 6.45) is 1.40. The lowest BCUT2D eigenvalue weighted by Gasteiger charge is -2.10. The van der Waals surface area contributed by atoms with E-state index in [4.69, 9.17) is 9.15 Å². The van der Waals surface area contributed by atoms with Crippen molar-refractivity contribution >= 4 is 29.4 Å². The summed E-state index contributed by atoms with van der Waals surface area (Å²) in [7, 11) is 1.45. The van der Waals surface area contributed by atoms with Crippen molar-refractivity contribution in [1.29, 1.82) is 0 Å². The number of imide groups is 1. The van der Waals surface area contributed by atoms with Crippen LogP contribution < -0.4 is 15.0 Å². The molecule has 0 unspecified atom stereocenters. The molecule has 150 valence electrons. The van der Waals surface area contributed by atoms with E-state index in [0.717, 1.165) is 4.90 Å². The minimum atomic E-state index is -0.565. The van der Waals surface area contributed by atoms with Gasteiger partial charge in [-0.2, -0.15) is 0 Å². The third kappa shape index (κ3) is 3.39. The fourth-order valence-corrected chi connectivity index (χ4v) is 3.07. The number of benzene rings is 2. The van der Waals surface area contributed by atoms with Crippen molar-refractivity contribution in [1.82, 2.24) is 5.32 Å². The first-order chi connectivity index (χ1) is 14.5. The number of methoxy groups -OCH3 is 1. The van der Waals surface area contributed by atoms with Gasteiger partial charge in [0.1, 0.15) is 23.0 Å². The zero-order chi connectivity index (χ0) is 21.3. The predicted octanol–water partition coefficient (Wildman–Crippen LogP) is 3.96. The molecule has 4 rings (SSSR count). The molecule has 0 aliphatic carbocycles. The zero-order valence-electron chi connectivity index (χ0n) is 15.7. The number of furan rings is 1. The summed E-state index contributed by atoms with van der Waals surface area (Å²) in [6.45, 7) is 0. The second kappa shape index (κ2) is 7.55. The smallest absolute Gasteiger partial charge is 0.333 e. The number of nitrogens with zero attached hydrogens (tertiary/aromatic N) is 2. The van der Waals surface area contributed by atoms with Crippen molar-refractivity contribution in [3.63, 3.8) is 0 Å². The number of urea groups is 1. The first kappa shape index (κ1) is 18.9. The second-order valence-corrected chi connectivity index (χ2v) is 6.31. The Labute approximate surface area is 170 Å². The number of non-ortho nitro benzene ring substituents is 1. The molecule has 3 aromatic rings. The summed E-state index contributed by atoms with van der Waals surface area (Å²) >= 11 is 0. The number of carbonyl (C=O) groups excluding carboxylic acids is 2. The number of anilines is 1. The molecule has 0 atom stereocenters. The molecule has 3 amide bonds. The van der Waals surface area contributed by atoms with Crippen LogP contribution in [0, 0.1) is 10.1 Å². The molecule has 2 aromatic carbocycles. The molecule has 0 radical (unpaired) electrons. The Kier molecular flexibility index (Phi) is 4.77. The van der Waals surface area contributed by atoms with E-state index in [1.165, 1.54) is 31.4 Å². The number of ether oxygens (including phenoxy) is 1. The van der Waals surface area contributed by atoms with Crippen LogP contribution in [0.4, 0.5) is 16.2 Å². The maximum absolute atomic E-state index is 12.7. The average molecular weight is 405 g/mol. The predicted molar refractivity (Wildman–Crippen MR) is 108 cm³/mol. The summed E-state index contributed by atoms with van der Waals surface area (Å²) in [4.78, 5) is 36.5. The normalized spacial score (nSPS) is 14.8. The Morgan fingerprint density at radius 2 is 1.87 bits per heavy atom. The van der Waals surface area contributed by atoms with E-state index in [9.17, 15) is 19.7 Å². The number of nitro groups is 1. The van der Waals surface area contributed by atoms with Gasteiger partial charge in [-0.15, -0.1) is 0 Å². The van der Waals surface area contributed by atoms with Crippen LogP contribution in [0.25, 0.3) is 17.4 Å². The van der Waals surface area contributed by atoms with Gasteiger partial charge in [0, 0.05) is 18.2 Å². The summed E-state index contributed by atoms with van der Waals surface area (Å²) in [5, 5.41) is 13.6. The molecule has 1 N–H and O–H groups in total. The van der Waals surface area contributed by atoms with Gasteiger partial charge in [-0.05, 0) is 30.3 Å². The second-order valence-electron chi connectivity index (χ2n) is 6.31. The number of hydrogen-bond acceptors (Lipinski definition) is 6. The van der Waals surface area contributed by atoms with Gasteiger partial charge in [0.05, 0.1) is 23.3 Å². The first-order valence-electron chi connectivity index (χ1n) is 8.83. The molecule has 0 bridgehead atoms. The van der Waals surface area contributed by atoms with Gasteiger partial charge in [0.2, 0.25) is 0 Å². The zero-order valence-corrected chi connectivity index (χ0v) is 15.7. The van der Waals surface area contributed by atoms with Crippen molar-refractivity contribution in [2.24, 2.45) is 0 Å². The quantitative estimate of drug-likeness (QED) is 0.297. The van der Waals surface area contributed by atoms with Crippen LogP contribution in [0.3, 0.4) is 0 Å². The third-order valence-corrected chi connectivity index (χ3v) is 4.47. The van der Waals surface area contributed by atoms with Crippen LogP contribution in [0.2, 0.25) is 0 Å². The van der Waals surface area contributed by atoms with Crippen LogP contribution in [0.1, 0.15) is 5.76 Å². The minimum Gasteiger partial charge on any atom is -0.496 e. The molecular formula is C21H15N3O6. The largest absolute Gasteiger partial charge is 0.496 e. The Balaban J connectivity index is 1.65. The molecule has 1 aliphatic rings. The van der Waals surface area contributed by atoms with Crippen molar-refractivity contribution < 1.29 is 23.7 Å². The Bertz CT molecular complexity index is 1180. The molecule has 1 fully saturated rings. The van der Waals surface area contributed by atoms with E-state index in [2.05, 4.69) is 5.32 Å². The molecule has 0 spiro atoms. The Hall–Kier alpha value is -4.40. The maximum Gasteiger partial charge on any atom is 0.333 e. The van der Waals surface area contributed by atoms with E-state index in [1.807, 2.05) is 0 Å². The van der Waals surface area contributed by atoms with Gasteiger partial charge in [0.15, 0.2) is 0 Å². The fourth-order valence-electron chi connectivity index (χ4n) is 3.07. The number of hydrogen-bond donors (Lipinski definition) is 1. The van der Waals surface area contributed by atoms with Gasteiger partial charge in [0.25, 0.3) is 11.6 Å². The van der Waals surface area contributed by atoms with Crippen LogP contribution in [-0.4, -0.2) is 24.0 Å². The molecule has 9 nitrogen and oxygen atoms in total. The van der Waals surface area contributed by atoms with Gasteiger partial charge in [-0.1, -0.05) is 18.2 Å². The minimum absolute atomic E-state index is 0.0516. The van der Waals surface area contributed by atoms with Crippen molar-refractivity contribution in [2.45, 2.75) is 0 Å². The standard InChI is InChI=1S/C21H15N3O6/c1-29-18-9-7-14(24(27)28)11-16(18)19-10-8-15(30-19)12-17-20(25)23(21(26)22-17)13-5-3-2-4-6-13/h2-12H,1H3,(H,22,26). The van der Waals surface area contributed by atoms with E-state index >= 15 is 0 Å². The Morgan fingerprint density at radius 3 is 2.57 bits per heavy atom. The van der Waals surface area contributed by atoms with Gasteiger partial charge < -0.3 is 14.5 Å². The lowest BCUT2D eigenvalue weighted by Crippen LogP contribution is -2.30. The molecule has 2 heterocycles. The highest BCUT2D eigenvalue weighted by molar-refractivity contribution is 6.28. The number of rotatable bonds is 5. The monoisotopic (exact) mass is 405 g/mol. The summed E-state index contributed by atoms with van der Waals surface area (Å²) in [5.41, 5.74) is 0.781. The highest BCUT2D eigenvalue weighted by atomic mass is 16.6. The number of nitrogens with one attached hydrogen (secondary N) is 1. The van der Waals surface area contributed by atoms with E-state index in [0.29, 0.717) is 22.8 Å². The van der Waals surface area contributed by atoms with Crippen molar-refractivity contribution in [2.75, 3.05) is 12.0 Å². The average Bonchev–Trinajstić information content (AvgIpc) is 3.32. The molecule has 30 heavy (non-hydrogen) atoms. The fraction of sp³-hybridized carbons (Fsp3) is 0.0476. The first-order valence-corrected chi connectivity index (χ1v) is 8.83. The van der Waals surface area contributed by atoms with E-state index < -0.39 is 16.9 Å². The number of carbonyl (C=O) groups is 2. The third-order valence-electron chi connectivity index (χ3n) is 4.47. The van der Waals surface area contributed by atoms with Crippen LogP contribution >= 0.6 is 0 Å². The Morgan fingerprint density at radius 1 is 1.10 bits per heavy atom. The van der Waals surface area contributed by atoms with E-state index in [1.54, 1.807) is 42.5 Å². The molecule has 0 saturated carbocycles. The van der Waals surface area contributed by atoms with Gasteiger partial charge >= 0.3 is 6.03 Å². The van der Waals surface area contributed by atoms with Crippen molar-refractivity contribution in [3.05, 3.63) is 82.2 Å². The van der Waals surface area contributed by atoms with Crippen LogP contribution in [-0.2, 0) is 4.79 Å². The molecule has 9 heteroatoms. The highest BCUT2D eigenvalue weighted by Gasteiger charge is 2.35. The van der Waals surface area contributed by atoms with Crippen molar-refractivity contribution in [3.8, 4) is 17.1 Å². The number of para-hydroxylation sites is 1. The van der Waals surface area contributed by atoms with Gasteiger partial charge in [-0.25, -0.2) is 9.69 Å². The molecule has 1 aromatic heterocycles. The summed E-state index contributed by atoms with van der Waals surface area (Å²) in [5.74, 6) is 0.489. The summed E-state index contributed by atoms with van der Waals surface area (Å²) < 4.78 is 11.0. The highest BCUT2D eigenvalue weighted by Crippen LogP contribution is 2.35. The molecule has 1 aliphatic heterocycles. The number of nitro benzene ring substituents is 1. The number of amides is 3. The SMILES string of the molecule is COc1ccc([N+](=O)[O-])cc1-c1ccc(C=C2NC(=O)N(c3ccccc3)C2=O)o1. The topological polar surface area (TPSA) is 115 Å². The summed E-state index contributed by atoms with van der Waals surface area (Å²) in [6, 6.07) is 15.3. The maximum atomic E-state index is 12.7. The lowest BCUT2D eigenvalue weighted by molar-refractivity contribution is -0.384. The lowest BCUT2D eigenvalue weighted by atomic mass is 10.1.